The number of likely N-dealkylation sites (tertiary alicyclic amines) is 2. The van der Waals surface area contributed by atoms with E-state index in [1.165, 1.54) is 15.6 Å². The van der Waals surface area contributed by atoms with Gasteiger partial charge in [-0.1, -0.05) is 6.07 Å². The molecule has 3 saturated heterocycles. The largest absolute Gasteiger partial charge is 0.345 e. The van der Waals surface area contributed by atoms with Gasteiger partial charge in [-0.3, -0.25) is 9.59 Å². The summed E-state index contributed by atoms with van der Waals surface area (Å²) in [6.45, 7) is 2.23. The molecule has 3 aliphatic heterocycles. The van der Waals surface area contributed by atoms with E-state index < -0.39 is 16.1 Å². The third kappa shape index (κ3) is 3.09. The maximum Gasteiger partial charge on any atom is 0.253 e. The van der Waals surface area contributed by atoms with Gasteiger partial charge in [-0.2, -0.15) is 4.31 Å². The summed E-state index contributed by atoms with van der Waals surface area (Å²) in [4.78, 5) is 29.1. The van der Waals surface area contributed by atoms with E-state index >= 15 is 0 Å². The highest BCUT2D eigenvalue weighted by atomic mass is 32.2. The van der Waals surface area contributed by atoms with E-state index in [0.29, 0.717) is 49.5 Å². The summed E-state index contributed by atoms with van der Waals surface area (Å²) in [5.74, 6) is 0.0821. The Bertz CT molecular complexity index is 829. The molecule has 27 heavy (non-hydrogen) atoms. The van der Waals surface area contributed by atoms with Crippen molar-refractivity contribution in [1.29, 1.82) is 0 Å². The van der Waals surface area contributed by atoms with Crippen molar-refractivity contribution in [3.05, 3.63) is 17.5 Å². The molecule has 7 nitrogen and oxygen atoms in total. The molecule has 3 aliphatic rings. The molecule has 0 saturated carbocycles. The third-order valence-electron chi connectivity index (χ3n) is 6.31. The Balaban J connectivity index is 1.46. The minimum atomic E-state index is -3.62. The van der Waals surface area contributed by atoms with Gasteiger partial charge in [0.15, 0.2) is 0 Å². The van der Waals surface area contributed by atoms with Crippen LogP contribution in [0.5, 0.6) is 0 Å². The average Bonchev–Trinajstić information content (AvgIpc) is 3.41. The first-order valence-corrected chi connectivity index (χ1v) is 11.8. The lowest BCUT2D eigenvalue weighted by atomic mass is 9.77. The quantitative estimate of drug-likeness (QED) is 0.753. The van der Waals surface area contributed by atoms with Crippen LogP contribution in [-0.4, -0.2) is 73.6 Å². The number of rotatable bonds is 3. The molecule has 2 amide bonds. The topological polar surface area (TPSA) is 78.0 Å². The molecule has 4 rings (SSSR count). The van der Waals surface area contributed by atoms with E-state index in [2.05, 4.69) is 0 Å². The highest BCUT2D eigenvalue weighted by Crippen LogP contribution is 2.41. The van der Waals surface area contributed by atoms with E-state index in [-0.39, 0.29) is 17.2 Å². The van der Waals surface area contributed by atoms with Crippen molar-refractivity contribution in [2.24, 2.45) is 5.41 Å². The molecular formula is C18H25N3O4S2. The first-order chi connectivity index (χ1) is 12.8. The van der Waals surface area contributed by atoms with Gasteiger partial charge >= 0.3 is 0 Å². The maximum atomic E-state index is 13.1. The summed E-state index contributed by atoms with van der Waals surface area (Å²) < 4.78 is 27.4. The second-order valence-electron chi connectivity index (χ2n) is 7.79. The number of hydrogen-bond donors (Lipinski definition) is 0. The van der Waals surface area contributed by atoms with Crippen LogP contribution in [0.2, 0.25) is 0 Å². The maximum absolute atomic E-state index is 13.1. The van der Waals surface area contributed by atoms with Crippen molar-refractivity contribution < 1.29 is 18.0 Å². The lowest BCUT2D eigenvalue weighted by molar-refractivity contribution is -0.143. The average molecular weight is 412 g/mol. The zero-order valence-corrected chi connectivity index (χ0v) is 17.1. The SMILES string of the molecule is CN1CCC2(CCN(C(=O)C3CCCN3S(=O)(=O)c3cccs3)CC2)C1=O. The Kier molecular flexibility index (Phi) is 4.80. The van der Waals surface area contributed by atoms with Gasteiger partial charge in [0.1, 0.15) is 10.3 Å². The molecule has 0 aliphatic carbocycles. The Morgan fingerprint density at radius 1 is 1.19 bits per heavy atom. The monoisotopic (exact) mass is 411 g/mol. The van der Waals surface area contributed by atoms with Gasteiger partial charge in [-0.15, -0.1) is 11.3 Å². The second kappa shape index (κ2) is 6.86. The Morgan fingerprint density at radius 2 is 1.89 bits per heavy atom. The van der Waals surface area contributed by atoms with Crippen molar-refractivity contribution >= 4 is 33.2 Å². The van der Waals surface area contributed by atoms with Crippen LogP contribution in [0.3, 0.4) is 0 Å². The molecule has 0 N–H and O–H groups in total. The van der Waals surface area contributed by atoms with Crippen molar-refractivity contribution in [3.8, 4) is 0 Å². The minimum absolute atomic E-state index is 0.110. The first-order valence-electron chi connectivity index (χ1n) is 9.45. The second-order valence-corrected chi connectivity index (χ2v) is 10.9. The Morgan fingerprint density at radius 3 is 2.48 bits per heavy atom. The highest BCUT2D eigenvalue weighted by Gasteiger charge is 2.49. The molecule has 1 aromatic heterocycles. The fraction of sp³-hybridized carbons (Fsp3) is 0.667. The smallest absolute Gasteiger partial charge is 0.253 e. The van der Waals surface area contributed by atoms with E-state index in [0.717, 1.165) is 13.0 Å². The molecule has 1 spiro atoms. The summed E-state index contributed by atoms with van der Waals surface area (Å²) in [6, 6.07) is 2.68. The number of sulfonamides is 1. The lowest BCUT2D eigenvalue weighted by Gasteiger charge is -2.39. The van der Waals surface area contributed by atoms with E-state index in [4.69, 9.17) is 0 Å². The number of carbonyl (C=O) groups is 2. The molecule has 1 unspecified atom stereocenters. The number of carbonyl (C=O) groups excluding carboxylic acids is 2. The van der Waals surface area contributed by atoms with Gasteiger partial charge < -0.3 is 9.80 Å². The highest BCUT2D eigenvalue weighted by molar-refractivity contribution is 7.91. The summed E-state index contributed by atoms with van der Waals surface area (Å²) in [5.41, 5.74) is -0.316. The number of nitrogens with zero attached hydrogens (tertiary/aromatic N) is 3. The standard InChI is InChI=1S/C18H25N3O4S2/c1-19-10-6-18(17(19)23)7-11-20(12-8-18)16(22)14-4-2-9-21(14)27(24,25)15-5-3-13-26-15/h3,5,13-14H,2,4,6-12H2,1H3. The summed E-state index contributed by atoms with van der Waals surface area (Å²) in [7, 11) is -1.79. The summed E-state index contributed by atoms with van der Waals surface area (Å²) >= 11 is 1.18. The van der Waals surface area contributed by atoms with Crippen LogP contribution < -0.4 is 0 Å². The van der Waals surface area contributed by atoms with Crippen LogP contribution in [0.4, 0.5) is 0 Å². The Labute approximate surface area is 164 Å². The van der Waals surface area contributed by atoms with E-state index in [1.807, 2.05) is 7.05 Å². The van der Waals surface area contributed by atoms with E-state index in [1.54, 1.807) is 27.3 Å². The van der Waals surface area contributed by atoms with E-state index in [9.17, 15) is 18.0 Å². The fourth-order valence-electron chi connectivity index (χ4n) is 4.63. The molecule has 1 atom stereocenters. The number of hydrogen-bond acceptors (Lipinski definition) is 5. The molecule has 0 radical (unpaired) electrons. The zero-order valence-electron chi connectivity index (χ0n) is 15.5. The van der Waals surface area contributed by atoms with Gasteiger partial charge in [0.2, 0.25) is 11.8 Å². The van der Waals surface area contributed by atoms with Gasteiger partial charge in [0.25, 0.3) is 10.0 Å². The molecule has 0 bridgehead atoms. The fourth-order valence-corrected chi connectivity index (χ4v) is 7.40. The lowest BCUT2D eigenvalue weighted by Crippen LogP contribution is -2.52. The molecule has 0 aromatic carbocycles. The van der Waals surface area contributed by atoms with Crippen LogP contribution in [0.15, 0.2) is 21.7 Å². The van der Waals surface area contributed by atoms with Gasteiger partial charge in [-0.25, -0.2) is 8.42 Å². The van der Waals surface area contributed by atoms with Crippen LogP contribution in [0, 0.1) is 5.41 Å². The van der Waals surface area contributed by atoms with Crippen molar-refractivity contribution in [2.45, 2.75) is 42.4 Å². The van der Waals surface area contributed by atoms with Gasteiger partial charge in [0.05, 0.1) is 5.41 Å². The summed E-state index contributed by atoms with van der Waals surface area (Å²) in [6.07, 6.45) is 3.46. The number of piperidine rings is 1. The molecule has 4 heterocycles. The van der Waals surface area contributed by atoms with Crippen molar-refractivity contribution in [3.63, 3.8) is 0 Å². The van der Waals surface area contributed by atoms with Crippen LogP contribution in [0.25, 0.3) is 0 Å². The Hall–Kier alpha value is -1.45. The molecule has 148 valence electrons. The molecular weight excluding hydrogens is 386 g/mol. The molecule has 3 fully saturated rings. The van der Waals surface area contributed by atoms with Crippen LogP contribution in [0.1, 0.15) is 32.1 Å². The zero-order chi connectivity index (χ0) is 19.2. The molecule has 9 heteroatoms. The number of amides is 2. The first kappa shape index (κ1) is 18.9. The predicted molar refractivity (Wildman–Crippen MR) is 102 cm³/mol. The minimum Gasteiger partial charge on any atom is -0.345 e. The van der Waals surface area contributed by atoms with Crippen LogP contribution >= 0.6 is 11.3 Å². The molecule has 1 aromatic rings. The predicted octanol–water partition coefficient (Wildman–Crippen LogP) is 1.37. The van der Waals surface area contributed by atoms with Crippen LogP contribution in [-0.2, 0) is 19.6 Å². The van der Waals surface area contributed by atoms with Gasteiger partial charge in [0, 0.05) is 33.2 Å². The van der Waals surface area contributed by atoms with Gasteiger partial charge in [-0.05, 0) is 43.6 Å². The number of thiophene rings is 1. The summed E-state index contributed by atoms with van der Waals surface area (Å²) in [5, 5.41) is 1.74. The third-order valence-corrected chi connectivity index (χ3v) is 9.59. The van der Waals surface area contributed by atoms with Crippen molar-refractivity contribution in [1.82, 2.24) is 14.1 Å². The van der Waals surface area contributed by atoms with Crippen molar-refractivity contribution in [2.75, 3.05) is 33.2 Å². The normalized spacial score (nSPS) is 26.3.